The zero-order chi connectivity index (χ0) is 15.4. The van der Waals surface area contributed by atoms with Gasteiger partial charge in [0.1, 0.15) is 0 Å². The highest BCUT2D eigenvalue weighted by atomic mass is 16.2. The van der Waals surface area contributed by atoms with Crippen molar-refractivity contribution in [3.8, 4) is 0 Å². The van der Waals surface area contributed by atoms with E-state index in [1.54, 1.807) is 19.0 Å². The predicted octanol–water partition coefficient (Wildman–Crippen LogP) is 2.37. The van der Waals surface area contributed by atoms with Gasteiger partial charge in [-0.2, -0.15) is 5.10 Å². The van der Waals surface area contributed by atoms with E-state index in [2.05, 4.69) is 15.1 Å². The first-order valence-corrected chi connectivity index (χ1v) is 7.94. The quantitative estimate of drug-likeness (QED) is 0.906. The number of nitrogens with zero attached hydrogens (tertiary/aromatic N) is 3. The molecule has 1 amide bonds. The molecule has 0 unspecified atom stereocenters. The second kappa shape index (κ2) is 7.07. The van der Waals surface area contributed by atoms with Gasteiger partial charge in [-0.05, 0) is 26.8 Å². The Bertz CT molecular complexity index is 463. The van der Waals surface area contributed by atoms with Crippen molar-refractivity contribution in [2.24, 2.45) is 0 Å². The van der Waals surface area contributed by atoms with Gasteiger partial charge in [-0.15, -0.1) is 0 Å². The molecule has 1 saturated carbocycles. The molecule has 5 nitrogen and oxygen atoms in total. The molecule has 118 valence electrons. The van der Waals surface area contributed by atoms with Crippen LogP contribution in [0.2, 0.25) is 0 Å². The van der Waals surface area contributed by atoms with E-state index in [-0.39, 0.29) is 11.9 Å². The zero-order valence-corrected chi connectivity index (χ0v) is 13.7. The van der Waals surface area contributed by atoms with Crippen LogP contribution in [0.15, 0.2) is 6.20 Å². The van der Waals surface area contributed by atoms with E-state index in [9.17, 15) is 4.79 Å². The third-order valence-electron chi connectivity index (χ3n) is 4.64. The average molecular weight is 292 g/mol. The standard InChI is InChI=1S/C16H28N4O/c1-12(16(21)19(2)3)20(4)11-14-10-17-18-15(14)13-8-6-5-7-9-13/h10,12-13H,5-9,11H2,1-4H3,(H,17,18)/t12-/m0/s1. The number of rotatable bonds is 5. The summed E-state index contributed by atoms with van der Waals surface area (Å²) in [6.45, 7) is 2.73. The lowest BCUT2D eigenvalue weighted by Gasteiger charge is -2.27. The number of aromatic nitrogens is 2. The Morgan fingerprint density at radius 2 is 2.00 bits per heavy atom. The molecule has 1 fully saturated rings. The molecule has 1 heterocycles. The monoisotopic (exact) mass is 292 g/mol. The number of carbonyl (C=O) groups excluding carboxylic acids is 1. The molecule has 5 heteroatoms. The maximum absolute atomic E-state index is 12.1. The molecular formula is C16H28N4O. The summed E-state index contributed by atoms with van der Waals surface area (Å²) in [5.41, 5.74) is 2.52. The second-order valence-electron chi connectivity index (χ2n) is 6.47. The van der Waals surface area contributed by atoms with E-state index in [1.807, 2.05) is 20.2 Å². The van der Waals surface area contributed by atoms with Crippen LogP contribution in [0.1, 0.15) is 56.2 Å². The van der Waals surface area contributed by atoms with E-state index in [0.717, 1.165) is 6.54 Å². The molecule has 0 saturated heterocycles. The Balaban J connectivity index is 2.02. The molecular weight excluding hydrogens is 264 g/mol. The number of nitrogens with one attached hydrogen (secondary N) is 1. The number of likely N-dealkylation sites (N-methyl/N-ethyl adjacent to an activating group) is 2. The summed E-state index contributed by atoms with van der Waals surface area (Å²) >= 11 is 0. The fraction of sp³-hybridized carbons (Fsp3) is 0.750. The molecule has 1 aromatic rings. The van der Waals surface area contributed by atoms with Gasteiger partial charge in [-0.3, -0.25) is 14.8 Å². The Hall–Kier alpha value is -1.36. The fourth-order valence-electron chi connectivity index (χ4n) is 3.16. The van der Waals surface area contributed by atoms with Crippen LogP contribution in [-0.4, -0.2) is 53.1 Å². The van der Waals surface area contributed by atoms with Crippen molar-refractivity contribution in [1.29, 1.82) is 0 Å². The van der Waals surface area contributed by atoms with E-state index in [0.29, 0.717) is 5.92 Å². The van der Waals surface area contributed by atoms with E-state index in [4.69, 9.17) is 0 Å². The smallest absolute Gasteiger partial charge is 0.239 e. The lowest BCUT2D eigenvalue weighted by molar-refractivity contribution is -0.133. The van der Waals surface area contributed by atoms with Gasteiger partial charge >= 0.3 is 0 Å². The van der Waals surface area contributed by atoms with Crippen molar-refractivity contribution in [3.63, 3.8) is 0 Å². The molecule has 0 radical (unpaired) electrons. The molecule has 0 spiro atoms. The Morgan fingerprint density at radius 3 is 2.62 bits per heavy atom. The highest BCUT2D eigenvalue weighted by molar-refractivity contribution is 5.80. The molecule has 1 aromatic heterocycles. The lowest BCUT2D eigenvalue weighted by atomic mass is 9.85. The van der Waals surface area contributed by atoms with Crippen molar-refractivity contribution < 1.29 is 4.79 Å². The maximum atomic E-state index is 12.1. The van der Waals surface area contributed by atoms with Crippen LogP contribution >= 0.6 is 0 Å². The molecule has 21 heavy (non-hydrogen) atoms. The third kappa shape index (κ3) is 3.84. The van der Waals surface area contributed by atoms with Gasteiger partial charge in [-0.25, -0.2) is 0 Å². The number of amides is 1. The van der Waals surface area contributed by atoms with Crippen molar-refractivity contribution in [2.75, 3.05) is 21.1 Å². The van der Waals surface area contributed by atoms with Crippen LogP contribution in [0.5, 0.6) is 0 Å². The van der Waals surface area contributed by atoms with Crippen molar-refractivity contribution >= 4 is 5.91 Å². The summed E-state index contributed by atoms with van der Waals surface area (Å²) < 4.78 is 0. The summed E-state index contributed by atoms with van der Waals surface area (Å²) in [7, 11) is 5.61. The van der Waals surface area contributed by atoms with Crippen LogP contribution in [0.25, 0.3) is 0 Å². The Kier molecular flexibility index (Phi) is 5.39. The summed E-state index contributed by atoms with van der Waals surface area (Å²) in [5, 5.41) is 7.44. The van der Waals surface area contributed by atoms with Gasteiger partial charge in [0.2, 0.25) is 5.91 Å². The van der Waals surface area contributed by atoms with E-state index < -0.39 is 0 Å². The SMILES string of the molecule is C[C@@H](C(=O)N(C)C)N(C)Cc1cn[nH]c1C1CCCCC1. The van der Waals surface area contributed by atoms with Crippen LogP contribution in [0.3, 0.4) is 0 Å². The van der Waals surface area contributed by atoms with Gasteiger partial charge < -0.3 is 4.90 Å². The number of H-pyrrole nitrogens is 1. The topological polar surface area (TPSA) is 52.2 Å². The minimum Gasteiger partial charge on any atom is -0.347 e. The first-order valence-electron chi connectivity index (χ1n) is 7.94. The normalized spacial score (nSPS) is 18.0. The minimum atomic E-state index is -0.117. The molecule has 1 N–H and O–H groups in total. The van der Waals surface area contributed by atoms with Crippen LogP contribution in [-0.2, 0) is 11.3 Å². The highest BCUT2D eigenvalue weighted by Gasteiger charge is 2.24. The zero-order valence-electron chi connectivity index (χ0n) is 13.7. The van der Waals surface area contributed by atoms with E-state index in [1.165, 1.54) is 43.4 Å². The van der Waals surface area contributed by atoms with Gasteiger partial charge in [0, 0.05) is 37.8 Å². The summed E-state index contributed by atoms with van der Waals surface area (Å²) in [4.78, 5) is 15.8. The Morgan fingerprint density at radius 1 is 1.33 bits per heavy atom. The lowest BCUT2D eigenvalue weighted by Crippen LogP contribution is -2.42. The van der Waals surface area contributed by atoms with Crippen molar-refractivity contribution in [2.45, 2.75) is 57.5 Å². The largest absolute Gasteiger partial charge is 0.347 e. The predicted molar refractivity (Wildman–Crippen MR) is 84.0 cm³/mol. The fourth-order valence-corrected chi connectivity index (χ4v) is 3.16. The van der Waals surface area contributed by atoms with Crippen LogP contribution in [0, 0.1) is 0 Å². The van der Waals surface area contributed by atoms with Gasteiger partial charge in [0.15, 0.2) is 0 Å². The third-order valence-corrected chi connectivity index (χ3v) is 4.64. The number of hydrogen-bond acceptors (Lipinski definition) is 3. The number of aromatic amines is 1. The molecule has 0 bridgehead atoms. The second-order valence-corrected chi connectivity index (χ2v) is 6.47. The van der Waals surface area contributed by atoms with E-state index >= 15 is 0 Å². The van der Waals surface area contributed by atoms with Gasteiger partial charge in [0.25, 0.3) is 0 Å². The van der Waals surface area contributed by atoms with Gasteiger partial charge in [-0.1, -0.05) is 19.3 Å². The average Bonchev–Trinajstić information content (AvgIpc) is 2.94. The minimum absolute atomic E-state index is 0.117. The highest BCUT2D eigenvalue weighted by Crippen LogP contribution is 2.33. The molecule has 1 aliphatic carbocycles. The maximum Gasteiger partial charge on any atom is 0.239 e. The molecule has 0 aromatic carbocycles. The first-order chi connectivity index (χ1) is 10.0. The Labute approximate surface area is 127 Å². The summed E-state index contributed by atoms with van der Waals surface area (Å²) in [5.74, 6) is 0.754. The number of carbonyl (C=O) groups is 1. The summed E-state index contributed by atoms with van der Waals surface area (Å²) in [6.07, 6.45) is 8.42. The van der Waals surface area contributed by atoms with Crippen molar-refractivity contribution in [3.05, 3.63) is 17.5 Å². The van der Waals surface area contributed by atoms with Crippen LogP contribution in [0.4, 0.5) is 0 Å². The van der Waals surface area contributed by atoms with Crippen molar-refractivity contribution in [1.82, 2.24) is 20.0 Å². The van der Waals surface area contributed by atoms with Crippen LogP contribution < -0.4 is 0 Å². The number of hydrogen-bond donors (Lipinski definition) is 1. The summed E-state index contributed by atoms with van der Waals surface area (Å²) in [6, 6.07) is -0.117. The molecule has 1 atom stereocenters. The first kappa shape index (κ1) is 16.0. The molecule has 1 aliphatic rings. The molecule has 0 aliphatic heterocycles. The van der Waals surface area contributed by atoms with Gasteiger partial charge in [0.05, 0.1) is 12.2 Å². The molecule has 2 rings (SSSR count).